The highest BCUT2D eigenvalue weighted by Gasteiger charge is 2.27. The molecule has 0 radical (unpaired) electrons. The summed E-state index contributed by atoms with van der Waals surface area (Å²) in [6.45, 7) is 0.917. The zero-order chi connectivity index (χ0) is 23.5. The Morgan fingerprint density at radius 2 is 1.97 bits per heavy atom. The van der Waals surface area contributed by atoms with Gasteiger partial charge in [0.15, 0.2) is 11.7 Å². The van der Waals surface area contributed by atoms with Crippen LogP contribution in [0.15, 0.2) is 66.7 Å². The van der Waals surface area contributed by atoms with Crippen molar-refractivity contribution in [3.63, 3.8) is 0 Å². The number of nitrogens with zero attached hydrogens (tertiary/aromatic N) is 2. The van der Waals surface area contributed by atoms with Gasteiger partial charge < -0.3 is 14.4 Å². The molecule has 0 bridgehead atoms. The number of anilines is 1. The van der Waals surface area contributed by atoms with Crippen LogP contribution in [0.3, 0.4) is 0 Å². The standard InChI is InChI=1S/C26H23N3O4S/c1-32-18-7-4-6-17(14-18)15-29-13-12-19-20(25(29)31)8-5-10-22(19)33-16-24(30)28-26-27-21-9-2-3-11-23(21)34-26/h2-11,14H,12-13,15-16H2,1H3,(H,27,28,30). The molecule has 2 heterocycles. The topological polar surface area (TPSA) is 80.8 Å². The van der Waals surface area contributed by atoms with E-state index >= 15 is 0 Å². The summed E-state index contributed by atoms with van der Waals surface area (Å²) in [5, 5.41) is 3.33. The number of carbonyl (C=O) groups excluding carboxylic acids is 2. The fraction of sp³-hybridized carbons (Fsp3) is 0.192. The number of ether oxygens (including phenoxy) is 2. The third-order valence-corrected chi connectivity index (χ3v) is 6.64. The molecule has 1 aliphatic heterocycles. The van der Waals surface area contributed by atoms with Crippen LogP contribution < -0.4 is 14.8 Å². The lowest BCUT2D eigenvalue weighted by molar-refractivity contribution is -0.118. The molecule has 0 spiro atoms. The third kappa shape index (κ3) is 4.58. The van der Waals surface area contributed by atoms with Gasteiger partial charge in [-0.05, 0) is 48.4 Å². The first kappa shape index (κ1) is 21.9. The number of fused-ring (bicyclic) bond motifs is 2. The Hall–Kier alpha value is -3.91. The molecule has 4 aromatic rings. The van der Waals surface area contributed by atoms with Crippen LogP contribution in [-0.4, -0.2) is 42.0 Å². The van der Waals surface area contributed by atoms with Gasteiger partial charge in [0.2, 0.25) is 0 Å². The predicted molar refractivity (Wildman–Crippen MR) is 132 cm³/mol. The van der Waals surface area contributed by atoms with Crippen molar-refractivity contribution in [2.24, 2.45) is 0 Å². The minimum atomic E-state index is -0.293. The minimum Gasteiger partial charge on any atom is -0.497 e. The normalized spacial score (nSPS) is 13.0. The third-order valence-electron chi connectivity index (χ3n) is 5.69. The maximum absolute atomic E-state index is 13.1. The first-order valence-corrected chi connectivity index (χ1v) is 11.7. The lowest BCUT2D eigenvalue weighted by atomic mass is 9.97. The number of carbonyl (C=O) groups is 2. The molecule has 1 aliphatic rings. The zero-order valence-corrected chi connectivity index (χ0v) is 19.4. The van der Waals surface area contributed by atoms with Crippen molar-refractivity contribution in [3.8, 4) is 11.5 Å². The van der Waals surface area contributed by atoms with Crippen LogP contribution in [0.25, 0.3) is 10.2 Å². The number of nitrogens with one attached hydrogen (secondary N) is 1. The lowest BCUT2D eigenvalue weighted by Gasteiger charge is -2.29. The van der Waals surface area contributed by atoms with Gasteiger partial charge in [-0.2, -0.15) is 0 Å². The van der Waals surface area contributed by atoms with Gasteiger partial charge in [-0.3, -0.25) is 14.9 Å². The molecule has 3 aromatic carbocycles. The van der Waals surface area contributed by atoms with E-state index in [-0.39, 0.29) is 18.4 Å². The second-order valence-electron chi connectivity index (χ2n) is 7.93. The first-order valence-electron chi connectivity index (χ1n) is 10.9. The molecule has 1 N–H and O–H groups in total. The first-order chi connectivity index (χ1) is 16.6. The van der Waals surface area contributed by atoms with Gasteiger partial charge in [0.05, 0.1) is 17.3 Å². The van der Waals surface area contributed by atoms with E-state index in [0.29, 0.717) is 36.0 Å². The smallest absolute Gasteiger partial charge is 0.264 e. The van der Waals surface area contributed by atoms with Crippen molar-refractivity contribution in [3.05, 3.63) is 83.4 Å². The molecule has 0 fully saturated rings. The van der Waals surface area contributed by atoms with Crippen LogP contribution in [0, 0.1) is 0 Å². The summed E-state index contributed by atoms with van der Waals surface area (Å²) >= 11 is 1.42. The summed E-state index contributed by atoms with van der Waals surface area (Å²) < 4.78 is 12.1. The molecule has 0 saturated carbocycles. The Morgan fingerprint density at radius 1 is 1.12 bits per heavy atom. The van der Waals surface area contributed by atoms with E-state index in [1.165, 1.54) is 11.3 Å². The molecule has 1 aromatic heterocycles. The molecule has 5 rings (SSSR count). The number of para-hydroxylation sites is 1. The second kappa shape index (κ2) is 9.52. The highest BCUT2D eigenvalue weighted by atomic mass is 32.1. The van der Waals surface area contributed by atoms with Crippen molar-refractivity contribution in [2.75, 3.05) is 25.6 Å². The number of rotatable bonds is 7. The molecular weight excluding hydrogens is 450 g/mol. The zero-order valence-electron chi connectivity index (χ0n) is 18.6. The average molecular weight is 474 g/mol. The molecular formula is C26H23N3O4S. The molecule has 0 unspecified atom stereocenters. The second-order valence-corrected chi connectivity index (χ2v) is 8.96. The largest absolute Gasteiger partial charge is 0.497 e. The van der Waals surface area contributed by atoms with Crippen LogP contribution in [0.2, 0.25) is 0 Å². The number of hydrogen-bond acceptors (Lipinski definition) is 6. The average Bonchev–Trinajstić information content (AvgIpc) is 3.27. The van der Waals surface area contributed by atoms with Crippen LogP contribution >= 0.6 is 11.3 Å². The fourth-order valence-electron chi connectivity index (χ4n) is 4.04. The van der Waals surface area contributed by atoms with Gasteiger partial charge >= 0.3 is 0 Å². The van der Waals surface area contributed by atoms with Crippen molar-refractivity contribution in [1.82, 2.24) is 9.88 Å². The maximum Gasteiger partial charge on any atom is 0.264 e. The molecule has 0 saturated heterocycles. The number of thiazole rings is 1. The summed E-state index contributed by atoms with van der Waals surface area (Å²) in [6.07, 6.45) is 0.653. The Balaban J connectivity index is 1.24. The number of methoxy groups -OCH3 is 1. The van der Waals surface area contributed by atoms with E-state index in [9.17, 15) is 9.59 Å². The van der Waals surface area contributed by atoms with E-state index in [1.807, 2.05) is 59.5 Å². The predicted octanol–water partition coefficient (Wildman–Crippen LogP) is 4.52. The van der Waals surface area contributed by atoms with E-state index in [2.05, 4.69) is 10.3 Å². The quantitative estimate of drug-likeness (QED) is 0.427. The Labute approximate surface area is 200 Å². The number of benzene rings is 3. The molecule has 8 heteroatoms. The molecule has 172 valence electrons. The van der Waals surface area contributed by atoms with Crippen LogP contribution in [-0.2, 0) is 17.8 Å². The van der Waals surface area contributed by atoms with Crippen molar-refractivity contribution in [1.29, 1.82) is 0 Å². The Morgan fingerprint density at radius 3 is 2.82 bits per heavy atom. The van der Waals surface area contributed by atoms with Gasteiger partial charge in [-0.1, -0.05) is 41.7 Å². The number of aromatic nitrogens is 1. The summed E-state index contributed by atoms with van der Waals surface area (Å²) in [4.78, 5) is 31.8. The monoisotopic (exact) mass is 473 g/mol. The van der Waals surface area contributed by atoms with E-state index < -0.39 is 0 Å². The molecule has 7 nitrogen and oxygen atoms in total. The molecule has 0 atom stereocenters. The minimum absolute atomic E-state index is 0.0477. The fourth-order valence-corrected chi connectivity index (χ4v) is 4.93. The van der Waals surface area contributed by atoms with Crippen LogP contribution in [0.5, 0.6) is 11.5 Å². The highest BCUT2D eigenvalue weighted by Crippen LogP contribution is 2.29. The van der Waals surface area contributed by atoms with Crippen molar-refractivity contribution in [2.45, 2.75) is 13.0 Å². The SMILES string of the molecule is COc1cccc(CN2CCc3c(OCC(=O)Nc4nc5ccccc5s4)cccc3C2=O)c1. The van der Waals surface area contributed by atoms with Crippen molar-refractivity contribution < 1.29 is 19.1 Å². The van der Waals surface area contributed by atoms with Crippen molar-refractivity contribution >= 4 is 38.5 Å². The molecule has 2 amide bonds. The summed E-state index contributed by atoms with van der Waals surface area (Å²) in [7, 11) is 1.63. The van der Waals surface area contributed by atoms with E-state index in [4.69, 9.17) is 9.47 Å². The van der Waals surface area contributed by atoms with Gasteiger partial charge in [-0.15, -0.1) is 0 Å². The highest BCUT2D eigenvalue weighted by molar-refractivity contribution is 7.22. The number of amides is 2. The Kier molecular flexibility index (Phi) is 6.14. The molecule has 34 heavy (non-hydrogen) atoms. The van der Waals surface area contributed by atoms with E-state index in [0.717, 1.165) is 27.1 Å². The molecule has 0 aliphatic carbocycles. The lowest BCUT2D eigenvalue weighted by Crippen LogP contribution is -2.37. The Bertz CT molecular complexity index is 1330. The summed E-state index contributed by atoms with van der Waals surface area (Å²) in [5.74, 6) is 0.986. The van der Waals surface area contributed by atoms with Crippen LogP contribution in [0.4, 0.5) is 5.13 Å². The summed E-state index contributed by atoms with van der Waals surface area (Å²) in [6, 6.07) is 20.8. The summed E-state index contributed by atoms with van der Waals surface area (Å²) in [5.41, 5.74) is 3.30. The van der Waals surface area contributed by atoms with Crippen LogP contribution in [0.1, 0.15) is 21.5 Å². The maximum atomic E-state index is 13.1. The van der Waals surface area contributed by atoms with Gasteiger partial charge in [0.25, 0.3) is 11.8 Å². The van der Waals surface area contributed by atoms with Gasteiger partial charge in [-0.25, -0.2) is 4.98 Å². The van der Waals surface area contributed by atoms with E-state index in [1.54, 1.807) is 19.2 Å². The van der Waals surface area contributed by atoms with Gasteiger partial charge in [0.1, 0.15) is 11.5 Å². The van der Waals surface area contributed by atoms with Gasteiger partial charge in [0, 0.05) is 24.2 Å². The number of hydrogen-bond donors (Lipinski definition) is 1.